The molecule has 1 heterocycles. The van der Waals surface area contributed by atoms with Gasteiger partial charge < -0.3 is 14.5 Å². The Morgan fingerprint density at radius 3 is 2.42 bits per heavy atom. The summed E-state index contributed by atoms with van der Waals surface area (Å²) in [5.41, 5.74) is 2.05. The van der Waals surface area contributed by atoms with E-state index in [1.165, 1.54) is 12.8 Å². The summed E-state index contributed by atoms with van der Waals surface area (Å²) in [6.07, 6.45) is 2.12. The van der Waals surface area contributed by atoms with Gasteiger partial charge in [-0.05, 0) is 49.2 Å². The van der Waals surface area contributed by atoms with E-state index in [2.05, 4.69) is 4.90 Å². The Kier molecular flexibility index (Phi) is 6.53. The average molecular weight is 373 g/mol. The molecule has 0 aliphatic carbocycles. The summed E-state index contributed by atoms with van der Waals surface area (Å²) in [5, 5.41) is 0.697. The third-order valence-corrected chi connectivity index (χ3v) is 5.10. The first-order valence-electron chi connectivity index (χ1n) is 9.05. The van der Waals surface area contributed by atoms with Crippen LogP contribution in [0.15, 0.2) is 54.6 Å². The zero-order chi connectivity index (χ0) is 18.4. The molecule has 5 heteroatoms. The summed E-state index contributed by atoms with van der Waals surface area (Å²) < 4.78 is 5.52. The molecule has 2 aromatic carbocycles. The summed E-state index contributed by atoms with van der Waals surface area (Å²) in [4.78, 5) is 16.7. The van der Waals surface area contributed by atoms with Gasteiger partial charge in [0.25, 0.3) is 0 Å². The van der Waals surface area contributed by atoms with Crippen LogP contribution in [0.3, 0.4) is 0 Å². The second kappa shape index (κ2) is 9.06. The number of carbonyl (C=O) groups excluding carboxylic acids is 1. The number of likely N-dealkylation sites (N-methyl/N-ethyl adjacent to an activating group) is 1. The largest absolute Gasteiger partial charge is 0.445 e. The van der Waals surface area contributed by atoms with Crippen LogP contribution in [0.2, 0.25) is 5.02 Å². The molecule has 1 amide bonds. The minimum Gasteiger partial charge on any atom is -0.445 e. The van der Waals surface area contributed by atoms with Crippen molar-refractivity contribution in [2.45, 2.75) is 25.5 Å². The number of amides is 1. The van der Waals surface area contributed by atoms with Crippen LogP contribution in [0.1, 0.15) is 30.0 Å². The number of nitrogens with zero attached hydrogens (tertiary/aromatic N) is 2. The minimum absolute atomic E-state index is 0.0614. The highest BCUT2D eigenvalue weighted by Crippen LogP contribution is 2.25. The molecule has 4 nitrogen and oxygen atoms in total. The predicted molar refractivity (Wildman–Crippen MR) is 104 cm³/mol. The highest BCUT2D eigenvalue weighted by Gasteiger charge is 2.26. The van der Waals surface area contributed by atoms with Crippen molar-refractivity contribution in [2.24, 2.45) is 0 Å². The molecule has 26 heavy (non-hydrogen) atoms. The monoisotopic (exact) mass is 372 g/mol. The first-order valence-corrected chi connectivity index (χ1v) is 9.42. The lowest BCUT2D eigenvalue weighted by molar-refractivity contribution is 0.0834. The first kappa shape index (κ1) is 18.7. The molecule has 0 aromatic heterocycles. The quantitative estimate of drug-likeness (QED) is 0.733. The molecule has 0 bridgehead atoms. The van der Waals surface area contributed by atoms with Crippen molar-refractivity contribution in [3.05, 3.63) is 70.7 Å². The summed E-state index contributed by atoms with van der Waals surface area (Å²) in [7, 11) is 1.81. The van der Waals surface area contributed by atoms with Gasteiger partial charge in [0.1, 0.15) is 6.61 Å². The van der Waals surface area contributed by atoms with Gasteiger partial charge in [-0.1, -0.05) is 54.1 Å². The third-order valence-electron chi connectivity index (χ3n) is 4.85. The number of carbonyl (C=O) groups is 1. The minimum atomic E-state index is -0.312. The number of halogens is 1. The molecular formula is C21H25ClN2O2. The maximum Gasteiger partial charge on any atom is 0.410 e. The first-order chi connectivity index (χ1) is 12.6. The van der Waals surface area contributed by atoms with E-state index in [9.17, 15) is 4.79 Å². The third kappa shape index (κ3) is 4.99. The molecule has 1 saturated heterocycles. The molecule has 2 aromatic rings. The van der Waals surface area contributed by atoms with E-state index in [4.69, 9.17) is 16.3 Å². The fraction of sp³-hybridized carbons (Fsp3) is 0.381. The SMILES string of the molecule is CN(C(=O)OCc1ccccc1)[C@H](CN1CCCC1)c1ccc(Cl)cc1. The van der Waals surface area contributed by atoms with Crippen LogP contribution in [0.25, 0.3) is 0 Å². The van der Waals surface area contributed by atoms with Crippen LogP contribution in [-0.2, 0) is 11.3 Å². The van der Waals surface area contributed by atoms with Crippen molar-refractivity contribution in [1.82, 2.24) is 9.80 Å². The van der Waals surface area contributed by atoms with Crippen molar-refractivity contribution >= 4 is 17.7 Å². The Bertz CT molecular complexity index is 700. The Morgan fingerprint density at radius 1 is 1.12 bits per heavy atom. The van der Waals surface area contributed by atoms with Crippen LogP contribution in [0, 0.1) is 0 Å². The topological polar surface area (TPSA) is 32.8 Å². The van der Waals surface area contributed by atoms with Gasteiger partial charge in [-0.3, -0.25) is 0 Å². The van der Waals surface area contributed by atoms with Crippen molar-refractivity contribution in [2.75, 3.05) is 26.7 Å². The number of likely N-dealkylation sites (tertiary alicyclic amines) is 1. The summed E-state index contributed by atoms with van der Waals surface area (Å²) in [6, 6.07) is 17.4. The van der Waals surface area contributed by atoms with Gasteiger partial charge >= 0.3 is 6.09 Å². The van der Waals surface area contributed by atoms with Crippen LogP contribution < -0.4 is 0 Å². The van der Waals surface area contributed by atoms with E-state index in [-0.39, 0.29) is 18.7 Å². The van der Waals surface area contributed by atoms with Crippen LogP contribution in [-0.4, -0.2) is 42.6 Å². The van der Waals surface area contributed by atoms with E-state index in [0.717, 1.165) is 30.8 Å². The molecule has 138 valence electrons. The standard InChI is InChI=1S/C21H25ClN2O2/c1-23(21(25)26-16-17-7-3-2-4-8-17)20(15-24-13-5-6-14-24)18-9-11-19(22)12-10-18/h2-4,7-12,20H,5-6,13-16H2,1H3/t20-/m1/s1. The molecule has 1 fully saturated rings. The Hall–Kier alpha value is -2.04. The van der Waals surface area contributed by atoms with E-state index in [0.29, 0.717) is 5.02 Å². The number of hydrogen-bond donors (Lipinski definition) is 0. The van der Waals surface area contributed by atoms with Crippen LogP contribution in [0.5, 0.6) is 0 Å². The maximum absolute atomic E-state index is 12.6. The highest BCUT2D eigenvalue weighted by atomic mass is 35.5. The fourth-order valence-corrected chi connectivity index (χ4v) is 3.42. The lowest BCUT2D eigenvalue weighted by Gasteiger charge is -2.31. The van der Waals surface area contributed by atoms with Crippen molar-refractivity contribution in [1.29, 1.82) is 0 Å². The Balaban J connectivity index is 1.69. The van der Waals surface area contributed by atoms with Gasteiger partial charge in [0.2, 0.25) is 0 Å². The van der Waals surface area contributed by atoms with E-state index < -0.39 is 0 Å². The average Bonchev–Trinajstić information content (AvgIpc) is 3.18. The molecule has 0 spiro atoms. The lowest BCUT2D eigenvalue weighted by atomic mass is 10.1. The number of rotatable bonds is 6. The molecule has 0 saturated carbocycles. The van der Waals surface area contributed by atoms with Crippen molar-refractivity contribution < 1.29 is 9.53 Å². The highest BCUT2D eigenvalue weighted by molar-refractivity contribution is 6.30. The lowest BCUT2D eigenvalue weighted by Crippen LogP contribution is -2.38. The molecule has 1 atom stereocenters. The summed E-state index contributed by atoms with van der Waals surface area (Å²) in [5.74, 6) is 0. The Labute approximate surface area is 160 Å². The molecule has 1 aliphatic heterocycles. The van der Waals surface area contributed by atoms with E-state index in [1.54, 1.807) is 4.90 Å². The molecule has 1 aliphatic rings. The van der Waals surface area contributed by atoms with Gasteiger partial charge in [0.05, 0.1) is 6.04 Å². The van der Waals surface area contributed by atoms with Gasteiger partial charge in [0.15, 0.2) is 0 Å². The fourth-order valence-electron chi connectivity index (χ4n) is 3.29. The molecule has 0 radical (unpaired) electrons. The smallest absolute Gasteiger partial charge is 0.410 e. The number of benzene rings is 2. The van der Waals surface area contributed by atoms with Crippen LogP contribution >= 0.6 is 11.6 Å². The predicted octanol–water partition coefficient (Wildman–Crippen LogP) is 4.75. The molecule has 3 rings (SSSR count). The second-order valence-electron chi connectivity index (χ2n) is 6.73. The van der Waals surface area contributed by atoms with Gasteiger partial charge in [-0.15, -0.1) is 0 Å². The second-order valence-corrected chi connectivity index (χ2v) is 7.16. The normalized spacial score (nSPS) is 15.6. The molecular weight excluding hydrogens is 348 g/mol. The summed E-state index contributed by atoms with van der Waals surface area (Å²) in [6.45, 7) is 3.24. The number of hydrogen-bond acceptors (Lipinski definition) is 3. The molecule has 0 unspecified atom stereocenters. The van der Waals surface area contributed by atoms with Gasteiger partial charge in [0, 0.05) is 18.6 Å². The summed E-state index contributed by atoms with van der Waals surface area (Å²) >= 11 is 6.03. The van der Waals surface area contributed by atoms with E-state index >= 15 is 0 Å². The van der Waals surface area contributed by atoms with E-state index in [1.807, 2.05) is 61.6 Å². The van der Waals surface area contributed by atoms with Crippen molar-refractivity contribution in [3.63, 3.8) is 0 Å². The maximum atomic E-state index is 12.6. The van der Waals surface area contributed by atoms with Gasteiger partial charge in [-0.2, -0.15) is 0 Å². The Morgan fingerprint density at radius 2 is 1.77 bits per heavy atom. The number of ether oxygens (including phenoxy) is 1. The zero-order valence-electron chi connectivity index (χ0n) is 15.1. The van der Waals surface area contributed by atoms with Gasteiger partial charge in [-0.25, -0.2) is 4.79 Å². The van der Waals surface area contributed by atoms with Crippen LogP contribution in [0.4, 0.5) is 4.79 Å². The van der Waals surface area contributed by atoms with Crippen molar-refractivity contribution in [3.8, 4) is 0 Å². The zero-order valence-corrected chi connectivity index (χ0v) is 15.9. The molecule has 0 N–H and O–H groups in total.